The molecule has 0 amide bonds. The van der Waals surface area contributed by atoms with E-state index in [0.717, 1.165) is 44.9 Å². The van der Waals surface area contributed by atoms with Crippen molar-refractivity contribution in [3.05, 3.63) is 36.5 Å². The van der Waals surface area contributed by atoms with E-state index in [9.17, 15) is 33.1 Å². The van der Waals surface area contributed by atoms with E-state index >= 15 is 0 Å². The number of carbonyl (C=O) groups is 1. The van der Waals surface area contributed by atoms with Crippen molar-refractivity contribution in [3.63, 3.8) is 0 Å². The third-order valence-corrected chi connectivity index (χ3v) is 12.7. The summed E-state index contributed by atoms with van der Waals surface area (Å²) in [5.74, 6) is -0.400. The summed E-state index contributed by atoms with van der Waals surface area (Å²) in [6, 6.07) is 0. The highest BCUT2D eigenvalue weighted by Gasteiger charge is 2.48. The molecule has 388 valence electrons. The molecule has 0 saturated carbocycles. The fourth-order valence-electron chi connectivity index (χ4n) is 8.17. The van der Waals surface area contributed by atoms with Gasteiger partial charge in [0.1, 0.15) is 30.5 Å². The van der Waals surface area contributed by atoms with Gasteiger partial charge in [-0.25, -0.2) is 4.18 Å². The SMILES string of the molecule is CCCCC/C=C\C/C=C\CCCCCCCCCCCCOCC(COC1OC(CO)C(O)C(OS(=O)(=O)O)C1O)OC(=O)CCCCCCCCCCC/C=C\CCCCCCCC. The van der Waals surface area contributed by atoms with Crippen molar-refractivity contribution < 1.29 is 56.2 Å². The summed E-state index contributed by atoms with van der Waals surface area (Å²) in [5, 5.41) is 30.8. The Balaban J connectivity index is 2.34. The normalized spacial score (nSPS) is 19.8. The van der Waals surface area contributed by atoms with Crippen LogP contribution < -0.4 is 0 Å². The van der Waals surface area contributed by atoms with Crippen LogP contribution in [0.25, 0.3) is 0 Å². The van der Waals surface area contributed by atoms with Crippen molar-refractivity contribution >= 4 is 16.4 Å². The van der Waals surface area contributed by atoms with E-state index in [1.807, 2.05) is 0 Å². The van der Waals surface area contributed by atoms with Gasteiger partial charge in [0, 0.05) is 13.0 Å². The minimum Gasteiger partial charge on any atom is -0.457 e. The van der Waals surface area contributed by atoms with Crippen molar-refractivity contribution in [2.24, 2.45) is 0 Å². The summed E-state index contributed by atoms with van der Waals surface area (Å²) in [7, 11) is -5.07. The highest BCUT2D eigenvalue weighted by Crippen LogP contribution is 2.26. The Morgan fingerprint density at radius 3 is 1.48 bits per heavy atom. The van der Waals surface area contributed by atoms with Crippen molar-refractivity contribution in [1.82, 2.24) is 0 Å². The maximum Gasteiger partial charge on any atom is 0.397 e. The molecule has 1 saturated heterocycles. The molecular formula is C53H98O12S. The van der Waals surface area contributed by atoms with Gasteiger partial charge >= 0.3 is 16.4 Å². The largest absolute Gasteiger partial charge is 0.457 e. The third kappa shape index (κ3) is 37.2. The molecule has 12 nitrogen and oxygen atoms in total. The number of unbranched alkanes of at least 4 members (excludes halogenated alkanes) is 28. The second-order valence-electron chi connectivity index (χ2n) is 18.5. The predicted molar refractivity (Wildman–Crippen MR) is 267 cm³/mol. The lowest BCUT2D eigenvalue weighted by Gasteiger charge is -2.41. The molecule has 0 aliphatic carbocycles. The monoisotopic (exact) mass is 959 g/mol. The van der Waals surface area contributed by atoms with Crippen molar-refractivity contribution in [3.8, 4) is 0 Å². The van der Waals surface area contributed by atoms with Crippen LogP contribution >= 0.6 is 0 Å². The Labute approximate surface area is 403 Å². The molecule has 6 atom stereocenters. The maximum atomic E-state index is 12.9. The Bertz CT molecular complexity index is 1290. The minimum atomic E-state index is -5.07. The zero-order valence-corrected chi connectivity index (χ0v) is 42.6. The van der Waals surface area contributed by atoms with Crippen LogP contribution in [-0.4, -0.2) is 97.5 Å². The van der Waals surface area contributed by atoms with E-state index in [1.165, 1.54) is 161 Å². The molecular weight excluding hydrogens is 861 g/mol. The van der Waals surface area contributed by atoms with Gasteiger partial charge in [0.25, 0.3) is 0 Å². The molecule has 0 aromatic carbocycles. The Kier molecular flexibility index (Phi) is 42.1. The van der Waals surface area contributed by atoms with E-state index < -0.39 is 59.8 Å². The highest BCUT2D eigenvalue weighted by molar-refractivity contribution is 7.80. The van der Waals surface area contributed by atoms with Crippen molar-refractivity contribution in [2.45, 2.75) is 269 Å². The van der Waals surface area contributed by atoms with Crippen LogP contribution in [0.4, 0.5) is 0 Å². The molecule has 0 aromatic heterocycles. The third-order valence-electron chi connectivity index (χ3n) is 12.2. The first-order chi connectivity index (χ1) is 32.1. The lowest BCUT2D eigenvalue weighted by molar-refractivity contribution is -0.301. The van der Waals surface area contributed by atoms with Crippen molar-refractivity contribution in [2.75, 3.05) is 26.4 Å². The zero-order valence-electron chi connectivity index (χ0n) is 41.8. The average molecular weight is 959 g/mol. The number of aliphatic hydroxyl groups excluding tert-OH is 3. The fourth-order valence-corrected chi connectivity index (χ4v) is 8.68. The summed E-state index contributed by atoms with van der Waals surface area (Å²) in [6.45, 7) is 3.99. The maximum absolute atomic E-state index is 12.9. The van der Waals surface area contributed by atoms with Crippen molar-refractivity contribution in [1.29, 1.82) is 0 Å². The lowest BCUT2D eigenvalue weighted by atomic mass is 9.99. The molecule has 0 bridgehead atoms. The predicted octanol–water partition coefficient (Wildman–Crippen LogP) is 12.5. The summed E-state index contributed by atoms with van der Waals surface area (Å²) < 4.78 is 59.3. The topological polar surface area (TPSA) is 178 Å². The molecule has 1 fully saturated rings. The number of ether oxygens (including phenoxy) is 4. The van der Waals surface area contributed by atoms with Gasteiger partial charge in [-0.2, -0.15) is 8.42 Å². The highest BCUT2D eigenvalue weighted by atomic mass is 32.3. The molecule has 1 aliphatic heterocycles. The summed E-state index contributed by atoms with van der Waals surface area (Å²) in [4.78, 5) is 12.9. The quantitative estimate of drug-likeness (QED) is 0.0197. The number of esters is 1. The Morgan fingerprint density at radius 1 is 0.576 bits per heavy atom. The second kappa shape index (κ2) is 44.5. The van der Waals surface area contributed by atoms with Crippen LogP contribution in [0.1, 0.15) is 232 Å². The van der Waals surface area contributed by atoms with Crippen LogP contribution in [0.3, 0.4) is 0 Å². The molecule has 1 heterocycles. The number of hydrogen-bond acceptors (Lipinski definition) is 11. The molecule has 6 unspecified atom stereocenters. The molecule has 4 N–H and O–H groups in total. The first-order valence-electron chi connectivity index (χ1n) is 26.7. The molecule has 0 aromatic rings. The summed E-state index contributed by atoms with van der Waals surface area (Å²) in [6.07, 6.45) is 44.5. The smallest absolute Gasteiger partial charge is 0.397 e. The summed E-state index contributed by atoms with van der Waals surface area (Å²) in [5.41, 5.74) is 0. The fraction of sp³-hybridized carbons (Fsp3) is 0.868. The average Bonchev–Trinajstić information content (AvgIpc) is 3.29. The van der Waals surface area contributed by atoms with Gasteiger partial charge in [0.15, 0.2) is 6.29 Å². The van der Waals surface area contributed by atoms with E-state index in [-0.39, 0.29) is 19.6 Å². The molecule has 1 rings (SSSR count). The number of carbonyl (C=O) groups excluding carboxylic acids is 1. The first-order valence-corrected chi connectivity index (χ1v) is 28.1. The number of rotatable bonds is 47. The van der Waals surface area contributed by atoms with Gasteiger partial charge in [0.05, 0.1) is 19.8 Å². The van der Waals surface area contributed by atoms with E-state index in [2.05, 4.69) is 54.5 Å². The minimum absolute atomic E-state index is 0.0347. The number of aliphatic hydroxyl groups is 3. The van der Waals surface area contributed by atoms with Crippen LogP contribution in [0.2, 0.25) is 0 Å². The molecule has 66 heavy (non-hydrogen) atoms. The lowest BCUT2D eigenvalue weighted by Crippen LogP contribution is -2.60. The van der Waals surface area contributed by atoms with E-state index in [1.54, 1.807) is 0 Å². The Hall–Kier alpha value is -1.68. The van der Waals surface area contributed by atoms with Crippen LogP contribution in [0.5, 0.6) is 0 Å². The molecule has 0 radical (unpaired) electrons. The first kappa shape index (κ1) is 62.3. The van der Waals surface area contributed by atoms with Gasteiger partial charge in [-0.3, -0.25) is 9.35 Å². The molecule has 13 heteroatoms. The van der Waals surface area contributed by atoms with Crippen LogP contribution in [0.15, 0.2) is 36.5 Å². The summed E-state index contributed by atoms with van der Waals surface area (Å²) >= 11 is 0. The van der Waals surface area contributed by atoms with Gasteiger partial charge < -0.3 is 34.3 Å². The number of allylic oxidation sites excluding steroid dienone is 6. The van der Waals surface area contributed by atoms with Gasteiger partial charge in [-0.05, 0) is 70.6 Å². The number of hydrogen-bond donors (Lipinski definition) is 4. The second-order valence-corrected chi connectivity index (χ2v) is 19.5. The molecule has 1 aliphatic rings. The standard InChI is InChI=1S/C53H98O12S/c1-3-5-7-9-11-13-15-17-19-21-23-25-27-29-31-33-35-37-39-41-43-61-45-47(46-62-53-51(57)52(65-66(58,59)60)50(56)48(44-54)64-53)63-49(55)42-40-38-36-34-32-30-28-26-24-22-20-18-16-14-12-10-8-6-4-2/h11,13,17-20,47-48,50-54,56-57H,3-10,12,14-16,21-46H2,1-2H3,(H,58,59,60)/b13-11-,19-17-,20-18-. The zero-order chi connectivity index (χ0) is 48.2. The van der Waals surface area contributed by atoms with Crippen LogP contribution in [-0.2, 0) is 38.3 Å². The van der Waals surface area contributed by atoms with E-state index in [0.29, 0.717) is 13.0 Å². The molecule has 0 spiro atoms. The van der Waals surface area contributed by atoms with Gasteiger partial charge in [-0.1, -0.05) is 192 Å². The van der Waals surface area contributed by atoms with Gasteiger partial charge in [-0.15, -0.1) is 0 Å². The Morgan fingerprint density at radius 2 is 1.00 bits per heavy atom. The van der Waals surface area contributed by atoms with Crippen LogP contribution in [0, 0.1) is 0 Å². The van der Waals surface area contributed by atoms with E-state index in [4.69, 9.17) is 18.9 Å². The van der Waals surface area contributed by atoms with Gasteiger partial charge in [0.2, 0.25) is 0 Å².